The molecule has 1 N–H and O–H groups in total. The molecule has 0 aliphatic rings. The molecule has 0 spiro atoms. The van der Waals surface area contributed by atoms with E-state index in [2.05, 4.69) is 38.4 Å². The van der Waals surface area contributed by atoms with Gasteiger partial charge in [0.25, 0.3) is 0 Å². The Kier molecular flexibility index (Phi) is 10.7. The van der Waals surface area contributed by atoms with Crippen molar-refractivity contribution in [1.29, 1.82) is 0 Å². The lowest BCUT2D eigenvalue weighted by atomic mass is 9.12. The summed E-state index contributed by atoms with van der Waals surface area (Å²) in [6, 6.07) is 7.90. The van der Waals surface area contributed by atoms with Gasteiger partial charge in [0.15, 0.2) is 69.8 Å². The average Bonchev–Trinajstić information content (AvgIpc) is 3.10. The van der Waals surface area contributed by atoms with Gasteiger partial charge in [-0.15, -0.1) is 0 Å². The topological polar surface area (TPSA) is 4.44 Å². The van der Waals surface area contributed by atoms with Crippen molar-refractivity contribution < 1.29 is 75.1 Å². The van der Waals surface area contributed by atoms with Gasteiger partial charge in [-0.25, -0.2) is 70.2 Å². The van der Waals surface area contributed by atoms with Crippen LogP contribution in [0, 0.1) is 93.1 Å². The maximum absolute atomic E-state index is 15.3. The van der Waals surface area contributed by atoms with E-state index in [1.165, 1.54) is 10.6 Å². The molecule has 0 saturated carbocycles. The van der Waals surface area contributed by atoms with Crippen LogP contribution < -0.4 is 26.8 Å². The van der Waals surface area contributed by atoms with E-state index in [0.29, 0.717) is 0 Å². The molecule has 0 aliphatic carbocycles. The van der Waals surface area contributed by atoms with Crippen LogP contribution in [0.4, 0.5) is 75.9 Å². The van der Waals surface area contributed by atoms with Crippen LogP contribution in [0.2, 0.25) is 0 Å². The maximum atomic E-state index is 15.3. The summed E-state index contributed by atoms with van der Waals surface area (Å²) in [5.74, 6) is -44.3. The number of halogens is 16. The lowest BCUT2D eigenvalue weighted by Crippen LogP contribution is -3.00. The van der Waals surface area contributed by atoms with Gasteiger partial charge in [-0.2, -0.15) is 21.9 Å². The zero-order valence-corrected chi connectivity index (χ0v) is 24.8. The normalized spacial score (nSPS) is 11.6. The number of hydrogen-bond donors (Lipinski definition) is 1. The predicted molar refractivity (Wildman–Crippen MR) is 148 cm³/mol. The monoisotopic (exact) mass is 729 g/mol. The first kappa shape index (κ1) is 37.8. The fraction of sp³-hybridized carbons (Fsp3) is 0.0625. The molecule has 18 heteroatoms. The summed E-state index contributed by atoms with van der Waals surface area (Å²) in [5.41, 5.74) is -7.73. The summed E-state index contributed by atoms with van der Waals surface area (Å²) in [4.78, 5) is 1.37. The SMILES string of the molecule is C[NH+](C)c1ccccc1.Fc1cc([B-](c2cc(F)c(F)c(F)c2F)(c2cc(F)c(F)c(F)c2F)c2cc(F)c(F)c(F)c2F)c(F)c(F)c1F. The Morgan fingerprint density at radius 1 is 0.340 bits per heavy atom. The highest BCUT2D eigenvalue weighted by Crippen LogP contribution is 2.26. The molecule has 0 bridgehead atoms. The number of benzene rings is 5. The largest absolute Gasteiger partial charge is 0.307 e. The second kappa shape index (κ2) is 14.1. The molecule has 0 fully saturated rings. The van der Waals surface area contributed by atoms with Gasteiger partial charge in [0.05, 0.1) is 14.1 Å². The molecule has 0 aliphatic heterocycles. The van der Waals surface area contributed by atoms with Gasteiger partial charge in [-0.05, 0) is 12.1 Å². The molecule has 0 aromatic heterocycles. The first-order chi connectivity index (χ1) is 23.3. The van der Waals surface area contributed by atoms with Crippen LogP contribution in [0.15, 0.2) is 54.6 Å². The lowest BCUT2D eigenvalue weighted by Gasteiger charge is -2.44. The quantitative estimate of drug-likeness (QED) is 0.102. The molecule has 0 unspecified atom stereocenters. The highest BCUT2D eigenvalue weighted by molar-refractivity contribution is 7.20. The minimum atomic E-state index is -5.62. The summed E-state index contributed by atoms with van der Waals surface area (Å²) in [6.45, 7) is 0. The van der Waals surface area contributed by atoms with Crippen LogP contribution in [0.5, 0.6) is 0 Å². The smallest absolute Gasteiger partial charge is 0.197 e. The fourth-order valence-corrected chi connectivity index (χ4v) is 5.40. The van der Waals surface area contributed by atoms with E-state index in [1.54, 1.807) is 0 Å². The average molecular weight is 729 g/mol. The molecular formula is C32H16BF16N. The van der Waals surface area contributed by atoms with Crippen LogP contribution in [-0.2, 0) is 0 Å². The summed E-state index contributed by atoms with van der Waals surface area (Å²) < 4.78 is 232. The zero-order chi connectivity index (χ0) is 37.6. The van der Waals surface area contributed by atoms with Crippen molar-refractivity contribution in [2.24, 2.45) is 0 Å². The van der Waals surface area contributed by atoms with Crippen molar-refractivity contribution in [1.82, 2.24) is 0 Å². The Morgan fingerprint density at radius 2 is 0.580 bits per heavy atom. The number of nitrogens with one attached hydrogen (secondary N) is 1. The Bertz CT molecular complexity index is 1860. The highest BCUT2D eigenvalue weighted by Gasteiger charge is 2.45. The standard InChI is InChI=1S/C24H4BF16.C8H11N/c26-9-1-5(13(30)21(38)17(9)34)25(6-2-10(27)18(35)22(39)14(6)31,7-3-11(28)19(36)23(40)15(7)32)8-4-12(29)20(37)24(41)16(8)33;1-9(2)8-6-4-3-5-7-8/h1-4H;3-7H,1-2H3/q-1;/p+1. The van der Waals surface area contributed by atoms with E-state index in [9.17, 15) is 52.7 Å². The minimum Gasteiger partial charge on any atom is -0.307 e. The summed E-state index contributed by atoms with van der Waals surface area (Å²) >= 11 is 0. The van der Waals surface area contributed by atoms with Gasteiger partial charge in [-0.3, -0.25) is 0 Å². The molecule has 5 rings (SSSR count). The zero-order valence-electron chi connectivity index (χ0n) is 24.8. The van der Waals surface area contributed by atoms with Crippen molar-refractivity contribution in [2.75, 3.05) is 14.1 Å². The van der Waals surface area contributed by atoms with Gasteiger partial charge in [0.2, 0.25) is 0 Å². The Hall–Kier alpha value is -5.00. The van der Waals surface area contributed by atoms with Gasteiger partial charge in [0, 0.05) is 0 Å². The molecule has 0 saturated heterocycles. The van der Waals surface area contributed by atoms with Crippen LogP contribution in [0.3, 0.4) is 0 Å². The molecule has 0 heterocycles. The number of hydrogen-bond acceptors (Lipinski definition) is 0. The predicted octanol–water partition coefficient (Wildman–Crippen LogP) is 5.75. The van der Waals surface area contributed by atoms with E-state index in [4.69, 9.17) is 0 Å². The van der Waals surface area contributed by atoms with E-state index >= 15 is 17.6 Å². The maximum Gasteiger partial charge on any atom is 0.197 e. The number of rotatable bonds is 5. The second-order valence-corrected chi connectivity index (χ2v) is 10.8. The van der Waals surface area contributed by atoms with Crippen LogP contribution in [0.1, 0.15) is 0 Å². The van der Waals surface area contributed by atoms with Gasteiger partial charge in [-0.1, -0.05) is 42.5 Å². The van der Waals surface area contributed by atoms with Crippen molar-refractivity contribution in [3.8, 4) is 0 Å². The molecule has 5 aromatic carbocycles. The van der Waals surface area contributed by atoms with Gasteiger partial charge in [0.1, 0.15) is 35.1 Å². The van der Waals surface area contributed by atoms with Crippen molar-refractivity contribution in [3.63, 3.8) is 0 Å². The van der Waals surface area contributed by atoms with Crippen LogP contribution in [0.25, 0.3) is 0 Å². The summed E-state index contributed by atoms with van der Waals surface area (Å²) in [6.07, 6.45) is -5.62. The number of para-hydroxylation sites is 1. The third-order valence-electron chi connectivity index (χ3n) is 7.74. The van der Waals surface area contributed by atoms with Gasteiger partial charge < -0.3 is 4.90 Å². The Labute approximate surface area is 270 Å². The van der Waals surface area contributed by atoms with Crippen molar-refractivity contribution in [2.45, 2.75) is 0 Å². The van der Waals surface area contributed by atoms with Crippen molar-refractivity contribution in [3.05, 3.63) is 148 Å². The molecule has 5 aromatic rings. The third kappa shape index (κ3) is 6.16. The van der Waals surface area contributed by atoms with E-state index in [0.717, 1.165) is 0 Å². The first-order valence-corrected chi connectivity index (χ1v) is 13.6. The molecular weight excluding hydrogens is 713 g/mol. The Morgan fingerprint density at radius 3 is 0.780 bits per heavy atom. The van der Waals surface area contributed by atoms with Gasteiger partial charge >= 0.3 is 0 Å². The number of quaternary nitrogens is 1. The molecule has 0 amide bonds. The molecule has 0 atom stereocenters. The first-order valence-electron chi connectivity index (χ1n) is 13.6. The minimum absolute atomic E-state index is 0.621. The molecule has 0 radical (unpaired) electrons. The second-order valence-electron chi connectivity index (χ2n) is 10.8. The lowest BCUT2D eigenvalue weighted by molar-refractivity contribution is -0.786. The molecule has 50 heavy (non-hydrogen) atoms. The summed E-state index contributed by atoms with van der Waals surface area (Å²) in [7, 11) is 4.24. The highest BCUT2D eigenvalue weighted by atomic mass is 19.2. The fourth-order valence-electron chi connectivity index (χ4n) is 5.40. The third-order valence-corrected chi connectivity index (χ3v) is 7.74. The summed E-state index contributed by atoms with van der Waals surface area (Å²) in [5, 5.41) is 0. The van der Waals surface area contributed by atoms with E-state index < -0.39 is 145 Å². The van der Waals surface area contributed by atoms with Crippen molar-refractivity contribution >= 4 is 33.7 Å². The molecule has 264 valence electrons. The van der Waals surface area contributed by atoms with E-state index in [-0.39, 0.29) is 0 Å². The Balaban J connectivity index is 0.000000541. The van der Waals surface area contributed by atoms with Crippen LogP contribution in [-0.4, -0.2) is 20.2 Å². The van der Waals surface area contributed by atoms with Crippen LogP contribution >= 0.6 is 0 Å². The van der Waals surface area contributed by atoms with E-state index in [1.807, 2.05) is 6.07 Å². The molecule has 1 nitrogen and oxygen atoms in total.